The van der Waals surface area contributed by atoms with E-state index in [0.29, 0.717) is 31.2 Å². The summed E-state index contributed by atoms with van der Waals surface area (Å²) in [6, 6.07) is 7.29. The number of amides is 1. The average Bonchev–Trinajstić information content (AvgIpc) is 3.80. The smallest absolute Gasteiger partial charge is 0.303 e. The summed E-state index contributed by atoms with van der Waals surface area (Å²) in [7, 11) is 0. The maximum Gasteiger partial charge on any atom is 0.303 e. The predicted octanol–water partition coefficient (Wildman–Crippen LogP) is 5.78. The second-order valence-electron chi connectivity index (χ2n) is 14.2. The number of allylic oxidation sites excluding steroid dienone is 2. The Morgan fingerprint density at radius 1 is 1.06 bits per heavy atom. The zero-order valence-electron chi connectivity index (χ0n) is 29.3. The quantitative estimate of drug-likeness (QED) is 0.111. The highest BCUT2D eigenvalue weighted by molar-refractivity contribution is 5.94. The minimum atomic E-state index is -0.595. The fraction of sp³-hybridized carbons (Fsp3) is 0.590. The van der Waals surface area contributed by atoms with Gasteiger partial charge in [-0.25, -0.2) is 0 Å². The highest BCUT2D eigenvalue weighted by Crippen LogP contribution is 2.56. The van der Waals surface area contributed by atoms with Crippen LogP contribution in [-0.2, 0) is 35.0 Å². The van der Waals surface area contributed by atoms with Gasteiger partial charge in [-0.3, -0.25) is 19.2 Å². The number of hydrogen-bond donors (Lipinski definition) is 2. The van der Waals surface area contributed by atoms with Crippen LogP contribution in [0, 0.1) is 11.3 Å². The van der Waals surface area contributed by atoms with Gasteiger partial charge in [0, 0.05) is 36.8 Å². The summed E-state index contributed by atoms with van der Waals surface area (Å²) in [6.07, 6.45) is 12.6. The van der Waals surface area contributed by atoms with Gasteiger partial charge >= 0.3 is 5.97 Å². The number of esters is 1. The van der Waals surface area contributed by atoms with Crippen LogP contribution >= 0.6 is 0 Å². The second-order valence-corrected chi connectivity index (χ2v) is 14.2. The number of nitrogens with one attached hydrogen (secondary N) is 1. The van der Waals surface area contributed by atoms with E-state index in [1.54, 1.807) is 32.1 Å². The van der Waals surface area contributed by atoms with Crippen LogP contribution in [0.3, 0.4) is 0 Å². The summed E-state index contributed by atoms with van der Waals surface area (Å²) >= 11 is 0. The van der Waals surface area contributed by atoms with Crippen LogP contribution in [-0.4, -0.2) is 71.2 Å². The molecule has 8 atom stereocenters. The molecule has 0 radical (unpaired) electrons. The van der Waals surface area contributed by atoms with Crippen LogP contribution in [0.1, 0.15) is 102 Å². The Hall–Kier alpha value is -3.40. The first-order chi connectivity index (χ1) is 22.7. The lowest BCUT2D eigenvalue weighted by Crippen LogP contribution is -2.50. The molecule has 0 unspecified atom stereocenters. The summed E-state index contributed by atoms with van der Waals surface area (Å²) < 4.78 is 17.6. The molecule has 0 aromatic heterocycles. The van der Waals surface area contributed by atoms with E-state index in [4.69, 9.17) is 14.2 Å². The molecule has 2 N–H and O–H groups in total. The molecule has 1 aromatic carbocycles. The van der Waals surface area contributed by atoms with Crippen LogP contribution in [0.2, 0.25) is 0 Å². The van der Waals surface area contributed by atoms with Crippen molar-refractivity contribution in [1.29, 1.82) is 0 Å². The SMILES string of the molecule is CC(=O)O[C@@H](C)/C=C\C(=O)N[C@@H]1C[C@H](C)[C@H](C/C=C(C)/C=C/[C@H]2O[C@H](CC(=O)CCc3ccc(C(C)=O)cc3)CC3(CC3)[C@@H]2O)O[C@@H]1C. The molecule has 1 spiro atoms. The predicted molar refractivity (Wildman–Crippen MR) is 183 cm³/mol. The number of ketones is 2. The zero-order valence-corrected chi connectivity index (χ0v) is 29.3. The van der Waals surface area contributed by atoms with Gasteiger partial charge in [-0.1, -0.05) is 55.0 Å². The molecule has 262 valence electrons. The fourth-order valence-corrected chi connectivity index (χ4v) is 6.83. The highest BCUT2D eigenvalue weighted by atomic mass is 16.5. The summed E-state index contributed by atoms with van der Waals surface area (Å²) in [6.45, 7) is 10.7. The number of Topliss-reactive ketones (excluding diaryl/α,β-unsaturated/α-hetero) is 2. The van der Waals surface area contributed by atoms with Crippen molar-refractivity contribution in [3.05, 3.63) is 71.3 Å². The van der Waals surface area contributed by atoms with E-state index in [-0.39, 0.29) is 53.2 Å². The molecule has 3 aliphatic rings. The van der Waals surface area contributed by atoms with Gasteiger partial charge in [-0.15, -0.1) is 0 Å². The molecule has 1 aromatic rings. The topological polar surface area (TPSA) is 128 Å². The van der Waals surface area contributed by atoms with Crippen molar-refractivity contribution in [2.45, 2.75) is 136 Å². The first kappa shape index (κ1) is 37.4. The van der Waals surface area contributed by atoms with Crippen LogP contribution in [0.15, 0.2) is 60.2 Å². The number of aliphatic hydroxyl groups is 1. The molecular weight excluding hydrogens is 610 g/mol. The van der Waals surface area contributed by atoms with Crippen LogP contribution in [0.4, 0.5) is 0 Å². The molecule has 2 saturated heterocycles. The first-order valence-corrected chi connectivity index (χ1v) is 17.4. The molecule has 1 amide bonds. The summed E-state index contributed by atoms with van der Waals surface area (Å²) in [5.74, 6) is -0.250. The number of aliphatic hydroxyl groups excluding tert-OH is 1. The lowest BCUT2D eigenvalue weighted by Gasteiger charge is -2.39. The van der Waals surface area contributed by atoms with E-state index in [9.17, 15) is 24.3 Å². The second kappa shape index (κ2) is 16.8. The summed E-state index contributed by atoms with van der Waals surface area (Å²) in [5, 5.41) is 14.2. The number of rotatable bonds is 14. The minimum Gasteiger partial charge on any atom is -0.459 e. The third-order valence-corrected chi connectivity index (χ3v) is 9.96. The molecule has 2 heterocycles. The van der Waals surface area contributed by atoms with Gasteiger partial charge in [0.25, 0.3) is 0 Å². The Labute approximate surface area is 285 Å². The average molecular weight is 664 g/mol. The Morgan fingerprint density at radius 2 is 1.77 bits per heavy atom. The summed E-state index contributed by atoms with van der Waals surface area (Å²) in [4.78, 5) is 47.9. The van der Waals surface area contributed by atoms with E-state index in [1.165, 1.54) is 13.0 Å². The molecule has 3 fully saturated rings. The summed E-state index contributed by atoms with van der Waals surface area (Å²) in [5.41, 5.74) is 2.57. The van der Waals surface area contributed by atoms with Gasteiger partial charge in [-0.05, 0) is 83.8 Å². The van der Waals surface area contributed by atoms with E-state index >= 15 is 0 Å². The van der Waals surface area contributed by atoms with Crippen molar-refractivity contribution in [3.63, 3.8) is 0 Å². The van der Waals surface area contributed by atoms with E-state index in [2.05, 4.69) is 18.3 Å². The van der Waals surface area contributed by atoms with Gasteiger partial charge in [0.05, 0.1) is 30.5 Å². The molecule has 0 bridgehead atoms. The van der Waals surface area contributed by atoms with E-state index in [1.807, 2.05) is 38.1 Å². The molecule has 2 aliphatic heterocycles. The van der Waals surface area contributed by atoms with Crippen LogP contribution in [0.25, 0.3) is 0 Å². The van der Waals surface area contributed by atoms with Gasteiger partial charge in [0.1, 0.15) is 18.0 Å². The molecule has 9 nitrogen and oxygen atoms in total. The Kier molecular flexibility index (Phi) is 13.1. The highest BCUT2D eigenvalue weighted by Gasteiger charge is 2.56. The number of carbonyl (C=O) groups excluding carboxylic acids is 4. The Bertz CT molecular complexity index is 1390. The standard InChI is InChI=1S/C39H53NO8/c1-24(7-16-35-25(2)21-34(28(5)47-35)40-37(44)18-9-26(3)46-29(6)42)8-17-36-38(45)39(19-20-39)23-33(48-36)22-32(43)15-12-30-10-13-31(14-11-30)27(4)41/h7-11,13-14,17-18,25-26,28,33-36,38,45H,12,15-16,19-23H2,1-6H3,(H,40,44)/b17-8+,18-9-,24-7+/t25-,26-,28+,33+,34+,35-,36+,38+/m0/s1. The van der Waals surface area contributed by atoms with Crippen molar-refractivity contribution in [2.24, 2.45) is 11.3 Å². The minimum absolute atomic E-state index is 0.00440. The van der Waals surface area contributed by atoms with Crippen LogP contribution in [0.5, 0.6) is 0 Å². The molecule has 1 saturated carbocycles. The lowest BCUT2D eigenvalue weighted by atomic mass is 9.83. The molecule has 48 heavy (non-hydrogen) atoms. The molecule has 9 heteroatoms. The van der Waals surface area contributed by atoms with Crippen molar-refractivity contribution in [1.82, 2.24) is 5.32 Å². The van der Waals surface area contributed by atoms with Crippen molar-refractivity contribution >= 4 is 23.4 Å². The number of ether oxygens (including phenoxy) is 3. The van der Waals surface area contributed by atoms with Crippen molar-refractivity contribution in [3.8, 4) is 0 Å². The van der Waals surface area contributed by atoms with Gasteiger partial charge in [0.2, 0.25) is 5.91 Å². The van der Waals surface area contributed by atoms with E-state index in [0.717, 1.165) is 36.8 Å². The molecule has 1 aliphatic carbocycles. The van der Waals surface area contributed by atoms with Crippen molar-refractivity contribution < 1.29 is 38.5 Å². The fourth-order valence-electron chi connectivity index (χ4n) is 6.83. The molecule has 4 rings (SSSR count). The van der Waals surface area contributed by atoms with Crippen LogP contribution < -0.4 is 5.32 Å². The van der Waals surface area contributed by atoms with E-state index < -0.39 is 24.3 Å². The van der Waals surface area contributed by atoms with Gasteiger partial charge < -0.3 is 24.6 Å². The lowest BCUT2D eigenvalue weighted by molar-refractivity contribution is -0.145. The third-order valence-electron chi connectivity index (χ3n) is 9.96. The van der Waals surface area contributed by atoms with Crippen molar-refractivity contribution in [2.75, 3.05) is 0 Å². The maximum atomic E-state index is 12.9. The zero-order chi connectivity index (χ0) is 35.0. The number of carbonyl (C=O) groups is 4. The first-order valence-electron chi connectivity index (χ1n) is 17.4. The monoisotopic (exact) mass is 663 g/mol. The molecular formula is C39H53NO8. The third kappa shape index (κ3) is 10.8. The number of aryl methyl sites for hydroxylation is 1. The number of benzene rings is 1. The van der Waals surface area contributed by atoms with Gasteiger partial charge in [-0.2, -0.15) is 0 Å². The maximum absolute atomic E-state index is 12.9. The largest absolute Gasteiger partial charge is 0.459 e. The Balaban J connectivity index is 1.25. The van der Waals surface area contributed by atoms with Gasteiger partial charge in [0.15, 0.2) is 5.78 Å². The number of hydrogen-bond acceptors (Lipinski definition) is 8. The normalized spacial score (nSPS) is 29.1. The Morgan fingerprint density at radius 3 is 2.42 bits per heavy atom.